The molecule has 2 heterocycles. The van der Waals surface area contributed by atoms with E-state index in [0.29, 0.717) is 5.25 Å². The van der Waals surface area contributed by atoms with Gasteiger partial charge in [0, 0.05) is 29.9 Å². The first-order valence-electron chi connectivity index (χ1n) is 7.14. The number of nitrogens with zero attached hydrogens (tertiary/aromatic N) is 2. The monoisotopic (exact) mass is 320 g/mol. The summed E-state index contributed by atoms with van der Waals surface area (Å²) >= 11 is 4.16. The smallest absolute Gasteiger partial charge is 0.118 e. The van der Waals surface area contributed by atoms with Gasteiger partial charge in [-0.25, -0.2) is 4.98 Å². The zero-order valence-corrected chi connectivity index (χ0v) is 14.0. The average Bonchev–Trinajstić information content (AvgIpc) is 3.16. The molecule has 1 aromatic heterocycles. The lowest BCUT2D eigenvalue weighted by atomic mass is 10.1. The Labute approximate surface area is 134 Å². The molecule has 0 N–H and O–H groups in total. The van der Waals surface area contributed by atoms with Crippen LogP contribution in [0.3, 0.4) is 0 Å². The van der Waals surface area contributed by atoms with E-state index in [9.17, 15) is 0 Å². The Morgan fingerprint density at radius 2 is 2.19 bits per heavy atom. The summed E-state index contributed by atoms with van der Waals surface area (Å²) in [5.41, 5.74) is 1.39. The second kappa shape index (κ2) is 6.36. The molecule has 0 spiro atoms. The standard InChI is InChI=1S/C16H20N2OS2/c1-13-11-20-16(21-13,7-9-18-10-8-17-12-18)14-3-5-15(19-2)6-4-14/h3-6,8,10,12-13H,7,9,11H2,1-2H3. The van der Waals surface area contributed by atoms with E-state index in [4.69, 9.17) is 4.74 Å². The van der Waals surface area contributed by atoms with Crippen LogP contribution in [-0.2, 0) is 10.6 Å². The van der Waals surface area contributed by atoms with E-state index in [-0.39, 0.29) is 4.08 Å². The minimum absolute atomic E-state index is 0.149. The van der Waals surface area contributed by atoms with E-state index in [0.717, 1.165) is 18.7 Å². The summed E-state index contributed by atoms with van der Waals surface area (Å²) in [7, 11) is 1.71. The molecule has 2 aromatic rings. The van der Waals surface area contributed by atoms with E-state index in [2.05, 4.69) is 64.3 Å². The van der Waals surface area contributed by atoms with Crippen LogP contribution in [0.15, 0.2) is 43.0 Å². The van der Waals surface area contributed by atoms with Crippen LogP contribution >= 0.6 is 23.5 Å². The molecule has 0 radical (unpaired) electrons. The van der Waals surface area contributed by atoms with Gasteiger partial charge in [-0.2, -0.15) is 0 Å². The summed E-state index contributed by atoms with van der Waals surface area (Å²) in [6, 6.07) is 8.56. The van der Waals surface area contributed by atoms with Crippen LogP contribution in [0.2, 0.25) is 0 Å². The van der Waals surface area contributed by atoms with Crippen LogP contribution in [-0.4, -0.2) is 27.7 Å². The Morgan fingerprint density at radius 3 is 2.76 bits per heavy atom. The highest BCUT2D eigenvalue weighted by Crippen LogP contribution is 2.57. The normalized spacial score (nSPS) is 25.1. The molecule has 112 valence electrons. The van der Waals surface area contributed by atoms with E-state index >= 15 is 0 Å². The molecule has 2 unspecified atom stereocenters. The zero-order chi connectivity index (χ0) is 14.7. The van der Waals surface area contributed by atoms with Crippen molar-refractivity contribution in [3.63, 3.8) is 0 Å². The molecule has 3 nitrogen and oxygen atoms in total. The summed E-state index contributed by atoms with van der Waals surface area (Å²) < 4.78 is 7.59. The molecule has 0 bridgehead atoms. The molecule has 3 rings (SSSR count). The Hall–Kier alpha value is -1.07. The highest BCUT2D eigenvalue weighted by atomic mass is 32.2. The predicted molar refractivity (Wildman–Crippen MR) is 91.0 cm³/mol. The van der Waals surface area contributed by atoms with Crippen molar-refractivity contribution >= 4 is 23.5 Å². The maximum absolute atomic E-state index is 5.28. The lowest BCUT2D eigenvalue weighted by molar-refractivity contribution is 0.414. The van der Waals surface area contributed by atoms with Crippen molar-refractivity contribution in [2.45, 2.75) is 29.2 Å². The highest BCUT2D eigenvalue weighted by Gasteiger charge is 2.40. The fourth-order valence-corrected chi connectivity index (χ4v) is 6.23. The lowest BCUT2D eigenvalue weighted by Gasteiger charge is -2.28. The molecule has 0 amide bonds. The number of hydrogen-bond acceptors (Lipinski definition) is 4. The molecule has 0 aliphatic carbocycles. The van der Waals surface area contributed by atoms with Gasteiger partial charge in [0.2, 0.25) is 0 Å². The fourth-order valence-electron chi connectivity index (χ4n) is 2.61. The summed E-state index contributed by atoms with van der Waals surface area (Å²) in [5, 5.41) is 0.694. The van der Waals surface area contributed by atoms with Crippen LogP contribution in [0, 0.1) is 0 Å². The van der Waals surface area contributed by atoms with Gasteiger partial charge >= 0.3 is 0 Å². The van der Waals surface area contributed by atoms with Crippen molar-refractivity contribution in [1.29, 1.82) is 0 Å². The van der Waals surface area contributed by atoms with Crippen molar-refractivity contribution in [1.82, 2.24) is 9.55 Å². The minimum atomic E-state index is 0.149. The molecular formula is C16H20N2OS2. The molecule has 0 saturated carbocycles. The molecule has 1 saturated heterocycles. The van der Waals surface area contributed by atoms with Crippen molar-refractivity contribution in [2.24, 2.45) is 0 Å². The number of aromatic nitrogens is 2. The zero-order valence-electron chi connectivity index (χ0n) is 12.4. The fraction of sp³-hybridized carbons (Fsp3) is 0.438. The van der Waals surface area contributed by atoms with Gasteiger partial charge in [0.15, 0.2) is 0 Å². The SMILES string of the molecule is COc1ccc(C2(CCn3ccnc3)SCC(C)S2)cc1. The van der Waals surface area contributed by atoms with Gasteiger partial charge in [0.1, 0.15) is 5.75 Å². The van der Waals surface area contributed by atoms with E-state index in [1.807, 2.05) is 18.7 Å². The number of rotatable bonds is 5. The van der Waals surface area contributed by atoms with Crippen molar-refractivity contribution in [2.75, 3.05) is 12.9 Å². The number of ether oxygens (including phenoxy) is 1. The lowest BCUT2D eigenvalue weighted by Crippen LogP contribution is -2.17. The first-order valence-corrected chi connectivity index (χ1v) is 9.00. The Morgan fingerprint density at radius 1 is 1.38 bits per heavy atom. The second-order valence-electron chi connectivity index (χ2n) is 5.27. The van der Waals surface area contributed by atoms with Crippen LogP contribution in [0.1, 0.15) is 18.9 Å². The third kappa shape index (κ3) is 3.24. The number of methoxy groups -OCH3 is 1. The van der Waals surface area contributed by atoms with Gasteiger partial charge in [-0.3, -0.25) is 0 Å². The van der Waals surface area contributed by atoms with Crippen LogP contribution in [0.25, 0.3) is 0 Å². The summed E-state index contributed by atoms with van der Waals surface area (Å²) in [6.45, 7) is 3.32. The Bertz CT molecular complexity index is 570. The maximum Gasteiger partial charge on any atom is 0.118 e. The molecule has 1 fully saturated rings. The molecule has 1 aliphatic rings. The van der Waals surface area contributed by atoms with E-state index < -0.39 is 0 Å². The first-order chi connectivity index (χ1) is 10.2. The maximum atomic E-state index is 5.28. The highest BCUT2D eigenvalue weighted by molar-refractivity contribution is 8.20. The number of benzene rings is 1. The summed E-state index contributed by atoms with van der Waals surface area (Å²) in [4.78, 5) is 4.13. The molecule has 5 heteroatoms. The van der Waals surface area contributed by atoms with Gasteiger partial charge in [0.05, 0.1) is 17.5 Å². The van der Waals surface area contributed by atoms with Gasteiger partial charge in [-0.05, 0) is 24.1 Å². The van der Waals surface area contributed by atoms with E-state index in [1.165, 1.54) is 11.3 Å². The van der Waals surface area contributed by atoms with Gasteiger partial charge in [-0.15, -0.1) is 23.5 Å². The molecular weight excluding hydrogens is 300 g/mol. The number of imidazole rings is 1. The van der Waals surface area contributed by atoms with Gasteiger partial charge < -0.3 is 9.30 Å². The second-order valence-corrected chi connectivity index (χ2v) is 8.59. The van der Waals surface area contributed by atoms with Gasteiger partial charge in [0.25, 0.3) is 0 Å². The molecule has 1 aromatic carbocycles. The quantitative estimate of drug-likeness (QED) is 0.832. The van der Waals surface area contributed by atoms with Crippen LogP contribution < -0.4 is 4.74 Å². The third-order valence-electron chi connectivity index (χ3n) is 3.73. The van der Waals surface area contributed by atoms with Crippen molar-refractivity contribution < 1.29 is 4.74 Å². The Kier molecular flexibility index (Phi) is 4.50. The van der Waals surface area contributed by atoms with Crippen LogP contribution in [0.4, 0.5) is 0 Å². The topological polar surface area (TPSA) is 27.1 Å². The van der Waals surface area contributed by atoms with Crippen LogP contribution in [0.5, 0.6) is 5.75 Å². The number of aryl methyl sites for hydroxylation is 1. The number of thioether (sulfide) groups is 2. The Balaban J connectivity index is 1.82. The van der Waals surface area contributed by atoms with Crippen molar-refractivity contribution in [3.05, 3.63) is 48.5 Å². The van der Waals surface area contributed by atoms with E-state index in [1.54, 1.807) is 7.11 Å². The molecule has 21 heavy (non-hydrogen) atoms. The third-order valence-corrected chi connectivity index (χ3v) is 7.55. The average molecular weight is 320 g/mol. The summed E-state index contributed by atoms with van der Waals surface area (Å²) in [5.74, 6) is 2.13. The predicted octanol–water partition coefficient (Wildman–Crippen LogP) is 4.00. The van der Waals surface area contributed by atoms with Crippen molar-refractivity contribution in [3.8, 4) is 5.75 Å². The molecule has 1 aliphatic heterocycles. The summed E-state index contributed by atoms with van der Waals surface area (Å²) in [6.07, 6.45) is 6.89. The number of hydrogen-bond donors (Lipinski definition) is 0. The largest absolute Gasteiger partial charge is 0.497 e. The van der Waals surface area contributed by atoms with Gasteiger partial charge in [-0.1, -0.05) is 19.1 Å². The molecule has 2 atom stereocenters. The first kappa shape index (κ1) is 14.9. The minimum Gasteiger partial charge on any atom is -0.497 e.